The molecule has 1 N–H and O–H groups in total. The van der Waals surface area contributed by atoms with Gasteiger partial charge < -0.3 is 0 Å². The monoisotopic (exact) mass is 233 g/mol. The molecular weight excluding hydrogens is 214 g/mol. The molecule has 0 aromatic carbocycles. The van der Waals surface area contributed by atoms with Crippen LogP contribution in [0.5, 0.6) is 0 Å². The molecule has 4 nitrogen and oxygen atoms in total. The summed E-state index contributed by atoms with van der Waals surface area (Å²) in [5.74, 6) is 0.410. The van der Waals surface area contributed by atoms with Gasteiger partial charge in [0.05, 0.1) is 6.10 Å². The van der Waals surface area contributed by atoms with Crippen molar-refractivity contribution < 1.29 is 12.6 Å². The average Bonchev–Trinajstić information content (AvgIpc) is 1.97. The Morgan fingerprint density at radius 2 is 1.93 bits per heavy atom. The summed E-state index contributed by atoms with van der Waals surface area (Å²) >= 11 is 0. The lowest BCUT2D eigenvalue weighted by Crippen LogP contribution is -2.55. The van der Waals surface area contributed by atoms with Gasteiger partial charge in [0.2, 0.25) is 0 Å². The van der Waals surface area contributed by atoms with E-state index in [9.17, 15) is 8.42 Å². The van der Waals surface area contributed by atoms with Gasteiger partial charge in [0.15, 0.2) is 0 Å². The number of hydrogen-bond donors (Lipinski definition) is 1. The maximum absolute atomic E-state index is 11.4. The molecule has 0 aromatic rings. The van der Waals surface area contributed by atoms with Crippen molar-refractivity contribution in [2.24, 2.45) is 11.3 Å². The van der Waals surface area contributed by atoms with E-state index < -0.39 is 10.3 Å². The van der Waals surface area contributed by atoms with Crippen molar-refractivity contribution >= 4 is 10.3 Å². The van der Waals surface area contributed by atoms with E-state index in [1.165, 1.54) is 0 Å². The second-order valence-corrected chi connectivity index (χ2v) is 7.02. The molecule has 2 aliphatic rings. The molecule has 88 valence electrons. The van der Waals surface area contributed by atoms with Crippen LogP contribution in [0.1, 0.15) is 40.0 Å². The van der Waals surface area contributed by atoms with Crippen LogP contribution < -0.4 is 4.72 Å². The van der Waals surface area contributed by atoms with Gasteiger partial charge in [-0.1, -0.05) is 20.8 Å². The highest BCUT2D eigenvalue weighted by atomic mass is 32.2. The molecular formula is C10H19NO3S. The Labute approximate surface area is 91.6 Å². The molecule has 3 atom stereocenters. The highest BCUT2D eigenvalue weighted by Crippen LogP contribution is 2.41. The molecule has 1 saturated carbocycles. The lowest BCUT2D eigenvalue weighted by atomic mass is 9.69. The molecule has 1 heterocycles. The van der Waals surface area contributed by atoms with E-state index in [1.54, 1.807) is 0 Å². The zero-order valence-corrected chi connectivity index (χ0v) is 10.3. The largest absolute Gasteiger partial charge is 0.336 e. The first kappa shape index (κ1) is 11.4. The quantitative estimate of drug-likeness (QED) is 0.688. The summed E-state index contributed by atoms with van der Waals surface area (Å²) in [5, 5.41) is 0. The molecule has 0 aromatic heterocycles. The minimum Gasteiger partial charge on any atom is -0.255 e. The van der Waals surface area contributed by atoms with Gasteiger partial charge in [-0.25, -0.2) is 0 Å². The van der Waals surface area contributed by atoms with Crippen molar-refractivity contribution in [1.82, 2.24) is 4.72 Å². The number of rotatable bonds is 0. The molecule has 2 rings (SSSR count). The van der Waals surface area contributed by atoms with Crippen LogP contribution in [0.4, 0.5) is 0 Å². The third-order valence-electron chi connectivity index (χ3n) is 3.47. The molecule has 0 radical (unpaired) electrons. The Morgan fingerprint density at radius 1 is 1.27 bits per heavy atom. The fourth-order valence-corrected chi connectivity index (χ4v) is 4.00. The average molecular weight is 233 g/mol. The Hall–Kier alpha value is -0.130. The van der Waals surface area contributed by atoms with Gasteiger partial charge in [0, 0.05) is 6.04 Å². The minimum atomic E-state index is -3.49. The van der Waals surface area contributed by atoms with Gasteiger partial charge in [-0.2, -0.15) is 13.1 Å². The fourth-order valence-electron chi connectivity index (χ4n) is 2.78. The molecule has 2 bridgehead atoms. The summed E-state index contributed by atoms with van der Waals surface area (Å²) in [4.78, 5) is 0. The molecule has 2 fully saturated rings. The molecule has 1 aliphatic heterocycles. The van der Waals surface area contributed by atoms with E-state index in [2.05, 4.69) is 25.5 Å². The molecule has 5 heteroatoms. The van der Waals surface area contributed by atoms with Gasteiger partial charge in [0.1, 0.15) is 0 Å². The first-order valence-electron chi connectivity index (χ1n) is 5.48. The molecule has 1 unspecified atom stereocenters. The van der Waals surface area contributed by atoms with E-state index in [0.29, 0.717) is 5.92 Å². The third kappa shape index (κ3) is 2.34. The molecule has 1 saturated heterocycles. The summed E-state index contributed by atoms with van der Waals surface area (Å²) in [6.07, 6.45) is 2.63. The lowest BCUT2D eigenvalue weighted by molar-refractivity contribution is 0.0446. The van der Waals surface area contributed by atoms with Gasteiger partial charge in [-0.3, -0.25) is 4.18 Å². The molecule has 1 aliphatic carbocycles. The summed E-state index contributed by atoms with van der Waals surface area (Å²) in [5.41, 5.74) is 0.148. The van der Waals surface area contributed by atoms with Crippen LogP contribution in [-0.4, -0.2) is 20.6 Å². The van der Waals surface area contributed by atoms with Gasteiger partial charge >= 0.3 is 10.3 Å². The smallest absolute Gasteiger partial charge is 0.255 e. The van der Waals surface area contributed by atoms with Crippen molar-refractivity contribution in [3.63, 3.8) is 0 Å². The molecule has 0 amide bonds. The van der Waals surface area contributed by atoms with Gasteiger partial charge in [-0.15, -0.1) is 0 Å². The predicted octanol–water partition coefficient (Wildman–Crippen LogP) is 1.43. The SMILES string of the molecule is CC(C)(C)[C@H]1CC[C@H]2CC1NS(=O)(=O)O2. The zero-order chi connectivity index (χ0) is 11.3. The molecule has 15 heavy (non-hydrogen) atoms. The van der Waals surface area contributed by atoms with E-state index in [0.717, 1.165) is 19.3 Å². The minimum absolute atomic E-state index is 0.0579. The van der Waals surface area contributed by atoms with Crippen LogP contribution in [0, 0.1) is 11.3 Å². The number of nitrogens with one attached hydrogen (secondary N) is 1. The van der Waals surface area contributed by atoms with Crippen LogP contribution in [0.15, 0.2) is 0 Å². The number of fused-ring (bicyclic) bond motifs is 2. The standard InChI is InChI=1S/C10H19NO3S/c1-10(2,3)8-5-4-7-6-9(8)11-15(12,13)14-7/h7-9,11H,4-6H2,1-3H3/t7-,8-,9?/m0/s1. The van der Waals surface area contributed by atoms with E-state index >= 15 is 0 Å². The van der Waals surface area contributed by atoms with Crippen LogP contribution in [0.2, 0.25) is 0 Å². The fraction of sp³-hybridized carbons (Fsp3) is 1.00. The topological polar surface area (TPSA) is 55.4 Å². The highest BCUT2D eigenvalue weighted by Gasteiger charge is 2.44. The summed E-state index contributed by atoms with van der Waals surface area (Å²) in [7, 11) is -3.49. The van der Waals surface area contributed by atoms with Crippen molar-refractivity contribution in [3.05, 3.63) is 0 Å². The predicted molar refractivity (Wildman–Crippen MR) is 57.5 cm³/mol. The van der Waals surface area contributed by atoms with Crippen LogP contribution in [0.3, 0.4) is 0 Å². The summed E-state index contributed by atoms with van der Waals surface area (Å²) < 4.78 is 30.4. The second kappa shape index (κ2) is 3.43. The third-order valence-corrected chi connectivity index (χ3v) is 4.59. The molecule has 0 spiro atoms. The van der Waals surface area contributed by atoms with Gasteiger partial charge in [-0.05, 0) is 30.6 Å². The summed E-state index contributed by atoms with van der Waals surface area (Å²) in [6, 6.07) is 0.0579. The van der Waals surface area contributed by atoms with Crippen LogP contribution in [0.25, 0.3) is 0 Å². The van der Waals surface area contributed by atoms with Crippen LogP contribution >= 0.6 is 0 Å². The Morgan fingerprint density at radius 3 is 2.53 bits per heavy atom. The van der Waals surface area contributed by atoms with E-state index in [4.69, 9.17) is 4.18 Å². The van der Waals surface area contributed by atoms with Crippen LogP contribution in [-0.2, 0) is 14.5 Å². The normalized spacial score (nSPS) is 40.1. The second-order valence-electron chi connectivity index (χ2n) is 5.68. The first-order chi connectivity index (χ1) is 6.78. The highest BCUT2D eigenvalue weighted by molar-refractivity contribution is 7.84. The maximum atomic E-state index is 11.4. The van der Waals surface area contributed by atoms with Crippen molar-refractivity contribution in [2.75, 3.05) is 0 Å². The van der Waals surface area contributed by atoms with E-state index in [-0.39, 0.29) is 17.6 Å². The van der Waals surface area contributed by atoms with E-state index in [1.807, 2.05) is 0 Å². The first-order valence-corrected chi connectivity index (χ1v) is 6.89. The maximum Gasteiger partial charge on any atom is 0.336 e. The van der Waals surface area contributed by atoms with Crippen molar-refractivity contribution in [2.45, 2.75) is 52.2 Å². The van der Waals surface area contributed by atoms with Gasteiger partial charge in [0.25, 0.3) is 0 Å². The lowest BCUT2D eigenvalue weighted by Gasteiger charge is -2.45. The van der Waals surface area contributed by atoms with Crippen molar-refractivity contribution in [3.8, 4) is 0 Å². The Bertz CT molecular complexity index is 344. The Kier molecular flexibility index (Phi) is 2.60. The Balaban J connectivity index is 2.20. The summed E-state index contributed by atoms with van der Waals surface area (Å²) in [6.45, 7) is 6.51. The number of hydrogen-bond acceptors (Lipinski definition) is 3. The van der Waals surface area contributed by atoms with Crippen molar-refractivity contribution in [1.29, 1.82) is 0 Å². The zero-order valence-electron chi connectivity index (χ0n) is 9.49.